The second kappa shape index (κ2) is 6.73. The lowest BCUT2D eigenvalue weighted by atomic mass is 9.71. The molecule has 1 aliphatic carbocycles. The fraction of sp³-hybridized carbons (Fsp3) is 0.667. The van der Waals surface area contributed by atoms with Crippen LogP contribution in [-0.2, 0) is 6.42 Å². The number of hydrogen-bond donors (Lipinski definition) is 1. The van der Waals surface area contributed by atoms with E-state index in [1.807, 2.05) is 0 Å². The number of aliphatic hydroxyl groups is 1. The average Bonchev–Trinajstić information content (AvgIpc) is 2.42. The summed E-state index contributed by atoms with van der Waals surface area (Å²) in [4.78, 5) is 2.38. The molecule has 0 radical (unpaired) electrons. The lowest BCUT2D eigenvalue weighted by molar-refractivity contribution is 0.00784. The van der Waals surface area contributed by atoms with Crippen LogP contribution in [0.2, 0.25) is 0 Å². The molecule has 2 unspecified atom stereocenters. The lowest BCUT2D eigenvalue weighted by Gasteiger charge is -2.40. The van der Waals surface area contributed by atoms with Crippen LogP contribution in [0.25, 0.3) is 0 Å². The summed E-state index contributed by atoms with van der Waals surface area (Å²) in [5, 5.41) is 10.2. The van der Waals surface area contributed by atoms with E-state index < -0.39 is 0 Å². The summed E-state index contributed by atoms with van der Waals surface area (Å²) in [5.74, 6) is 0.430. The molecule has 2 rings (SSSR count). The van der Waals surface area contributed by atoms with Crippen molar-refractivity contribution in [1.82, 2.24) is 4.90 Å². The summed E-state index contributed by atoms with van der Waals surface area (Å²) < 4.78 is 0. The third-order valence-corrected chi connectivity index (χ3v) is 4.65. The van der Waals surface area contributed by atoms with Crippen LogP contribution in [0.1, 0.15) is 38.7 Å². The van der Waals surface area contributed by atoms with E-state index in [4.69, 9.17) is 0 Å². The van der Waals surface area contributed by atoms with Gasteiger partial charge in [0, 0.05) is 13.1 Å². The normalized spacial score (nSPS) is 25.9. The molecule has 0 spiro atoms. The standard InChI is InChI=1S/C18H29NO/c1-18(2)11-9-17(20)16(13-18)14-19(3)12-10-15-7-5-4-6-8-15/h4-8,16-17,20H,9-14H2,1-3H3. The molecule has 0 aliphatic heterocycles. The number of aliphatic hydroxyl groups excluding tert-OH is 1. The third-order valence-electron chi connectivity index (χ3n) is 4.65. The van der Waals surface area contributed by atoms with Crippen molar-refractivity contribution < 1.29 is 5.11 Å². The Hall–Kier alpha value is -0.860. The molecule has 2 atom stereocenters. The Morgan fingerprint density at radius 1 is 1.25 bits per heavy atom. The van der Waals surface area contributed by atoms with Crippen molar-refractivity contribution in [1.29, 1.82) is 0 Å². The maximum atomic E-state index is 10.2. The van der Waals surface area contributed by atoms with Gasteiger partial charge in [-0.1, -0.05) is 44.2 Å². The Morgan fingerprint density at radius 3 is 2.65 bits per heavy atom. The van der Waals surface area contributed by atoms with Crippen molar-refractivity contribution in [3.63, 3.8) is 0 Å². The van der Waals surface area contributed by atoms with Gasteiger partial charge in [0.25, 0.3) is 0 Å². The predicted octanol–water partition coefficient (Wildman–Crippen LogP) is 3.35. The van der Waals surface area contributed by atoms with Gasteiger partial charge in [-0.2, -0.15) is 0 Å². The highest BCUT2D eigenvalue weighted by Gasteiger charge is 2.34. The maximum Gasteiger partial charge on any atom is 0.0581 e. The molecule has 1 saturated carbocycles. The van der Waals surface area contributed by atoms with Crippen LogP contribution < -0.4 is 0 Å². The summed E-state index contributed by atoms with van der Waals surface area (Å²) in [6.45, 7) is 6.73. The van der Waals surface area contributed by atoms with Crippen molar-refractivity contribution in [3.8, 4) is 0 Å². The minimum atomic E-state index is -0.109. The van der Waals surface area contributed by atoms with E-state index >= 15 is 0 Å². The average molecular weight is 275 g/mol. The third kappa shape index (κ3) is 4.60. The Labute approximate surface area is 123 Å². The summed E-state index contributed by atoms with van der Waals surface area (Å²) >= 11 is 0. The van der Waals surface area contributed by atoms with Crippen molar-refractivity contribution in [2.75, 3.05) is 20.1 Å². The lowest BCUT2D eigenvalue weighted by Crippen LogP contribution is -2.40. The molecule has 1 aromatic carbocycles. The summed E-state index contributed by atoms with van der Waals surface area (Å²) in [7, 11) is 2.18. The first-order chi connectivity index (χ1) is 9.46. The van der Waals surface area contributed by atoms with Crippen molar-refractivity contribution in [2.24, 2.45) is 11.3 Å². The number of nitrogens with zero attached hydrogens (tertiary/aromatic N) is 1. The highest BCUT2D eigenvalue weighted by Crippen LogP contribution is 2.38. The van der Waals surface area contributed by atoms with Gasteiger partial charge in [-0.25, -0.2) is 0 Å². The van der Waals surface area contributed by atoms with E-state index in [-0.39, 0.29) is 6.10 Å². The molecule has 2 heteroatoms. The topological polar surface area (TPSA) is 23.5 Å². The Balaban J connectivity index is 1.80. The van der Waals surface area contributed by atoms with Crippen LogP contribution in [0.15, 0.2) is 30.3 Å². The zero-order chi connectivity index (χ0) is 14.6. The molecule has 20 heavy (non-hydrogen) atoms. The molecule has 0 aromatic heterocycles. The molecule has 1 aromatic rings. The minimum Gasteiger partial charge on any atom is -0.393 e. The van der Waals surface area contributed by atoms with Crippen LogP contribution in [0.4, 0.5) is 0 Å². The van der Waals surface area contributed by atoms with Crippen LogP contribution in [0, 0.1) is 11.3 Å². The van der Waals surface area contributed by atoms with Gasteiger partial charge in [0.2, 0.25) is 0 Å². The molecular weight excluding hydrogens is 246 g/mol. The van der Waals surface area contributed by atoms with Gasteiger partial charge in [-0.3, -0.25) is 0 Å². The fourth-order valence-electron chi connectivity index (χ4n) is 3.36. The van der Waals surface area contributed by atoms with Gasteiger partial charge < -0.3 is 10.0 Å². The van der Waals surface area contributed by atoms with Gasteiger partial charge >= 0.3 is 0 Å². The smallest absolute Gasteiger partial charge is 0.0581 e. The molecule has 2 nitrogen and oxygen atoms in total. The van der Waals surface area contributed by atoms with Gasteiger partial charge in [0.1, 0.15) is 0 Å². The molecule has 1 N–H and O–H groups in total. The monoisotopic (exact) mass is 275 g/mol. The summed E-state index contributed by atoms with van der Waals surface area (Å²) in [5.41, 5.74) is 1.79. The van der Waals surface area contributed by atoms with Crippen LogP contribution in [0.5, 0.6) is 0 Å². The molecule has 112 valence electrons. The van der Waals surface area contributed by atoms with E-state index in [1.54, 1.807) is 0 Å². The number of benzene rings is 1. The number of hydrogen-bond acceptors (Lipinski definition) is 2. The minimum absolute atomic E-state index is 0.109. The zero-order valence-electron chi connectivity index (χ0n) is 13.2. The Kier molecular flexibility index (Phi) is 5.22. The SMILES string of the molecule is CN(CCc1ccccc1)CC1CC(C)(C)CCC1O. The first-order valence-electron chi connectivity index (χ1n) is 7.87. The second-order valence-corrected chi connectivity index (χ2v) is 7.23. The van der Waals surface area contributed by atoms with E-state index in [2.05, 4.69) is 56.1 Å². The maximum absolute atomic E-state index is 10.2. The van der Waals surface area contributed by atoms with Crippen molar-refractivity contribution in [3.05, 3.63) is 35.9 Å². The molecular formula is C18H29NO. The largest absolute Gasteiger partial charge is 0.393 e. The molecule has 0 amide bonds. The predicted molar refractivity (Wildman–Crippen MR) is 84.8 cm³/mol. The van der Waals surface area contributed by atoms with Crippen LogP contribution in [0.3, 0.4) is 0 Å². The fourth-order valence-corrected chi connectivity index (χ4v) is 3.36. The van der Waals surface area contributed by atoms with Crippen LogP contribution in [-0.4, -0.2) is 36.2 Å². The quantitative estimate of drug-likeness (QED) is 0.891. The van der Waals surface area contributed by atoms with Gasteiger partial charge in [0.15, 0.2) is 0 Å². The first kappa shape index (κ1) is 15.5. The molecule has 0 heterocycles. The summed E-state index contributed by atoms with van der Waals surface area (Å²) in [6.07, 6.45) is 4.23. The van der Waals surface area contributed by atoms with E-state index in [1.165, 1.54) is 5.56 Å². The molecule has 0 bridgehead atoms. The number of likely N-dealkylation sites (N-methyl/N-ethyl adjacent to an activating group) is 1. The summed E-state index contributed by atoms with van der Waals surface area (Å²) in [6, 6.07) is 10.6. The second-order valence-electron chi connectivity index (χ2n) is 7.23. The van der Waals surface area contributed by atoms with E-state index in [0.29, 0.717) is 11.3 Å². The van der Waals surface area contributed by atoms with Gasteiger partial charge in [0.05, 0.1) is 6.10 Å². The van der Waals surface area contributed by atoms with Gasteiger partial charge in [-0.05, 0) is 49.6 Å². The van der Waals surface area contributed by atoms with E-state index in [0.717, 1.165) is 38.8 Å². The Bertz CT molecular complexity index is 401. The zero-order valence-corrected chi connectivity index (χ0v) is 13.2. The molecule has 1 fully saturated rings. The molecule has 1 aliphatic rings. The highest BCUT2D eigenvalue weighted by molar-refractivity contribution is 5.14. The Morgan fingerprint density at radius 2 is 1.95 bits per heavy atom. The van der Waals surface area contributed by atoms with E-state index in [9.17, 15) is 5.11 Å². The van der Waals surface area contributed by atoms with Crippen molar-refractivity contribution >= 4 is 0 Å². The first-order valence-corrected chi connectivity index (χ1v) is 7.87. The van der Waals surface area contributed by atoms with Crippen LogP contribution >= 0.6 is 0 Å². The number of rotatable bonds is 5. The molecule has 0 saturated heterocycles. The highest BCUT2D eigenvalue weighted by atomic mass is 16.3. The van der Waals surface area contributed by atoms with Crippen molar-refractivity contribution in [2.45, 2.75) is 45.6 Å². The van der Waals surface area contributed by atoms with Gasteiger partial charge in [-0.15, -0.1) is 0 Å².